The number of carbonyl (C=O) groups excluding carboxylic acids is 1. The van der Waals surface area contributed by atoms with Crippen molar-refractivity contribution in [2.75, 3.05) is 0 Å². The molecule has 3 aromatic rings. The fraction of sp³-hybridized carbons (Fsp3) is 0.200. The molecule has 0 saturated carbocycles. The van der Waals surface area contributed by atoms with Gasteiger partial charge in [-0.3, -0.25) is 4.79 Å². The third-order valence-corrected chi connectivity index (χ3v) is 5.64. The SMILES string of the molecule is O=C(O)c1ccc(CC2CCc3cc(OCc4cc(F)c(F)cc4F)ccc3C2=O)cc1. The first-order valence-electron chi connectivity index (χ1n) is 10.1. The zero-order chi connectivity index (χ0) is 22.8. The number of ether oxygens (including phenoxy) is 1. The van der Waals surface area contributed by atoms with E-state index in [4.69, 9.17) is 9.84 Å². The molecule has 0 aliphatic heterocycles. The van der Waals surface area contributed by atoms with Crippen molar-refractivity contribution in [3.63, 3.8) is 0 Å². The zero-order valence-corrected chi connectivity index (χ0v) is 16.9. The summed E-state index contributed by atoms with van der Waals surface area (Å²) < 4.78 is 45.7. The third-order valence-electron chi connectivity index (χ3n) is 5.64. The quantitative estimate of drug-likeness (QED) is 0.524. The van der Waals surface area contributed by atoms with Gasteiger partial charge in [-0.15, -0.1) is 0 Å². The topological polar surface area (TPSA) is 63.6 Å². The predicted octanol–water partition coefficient (Wildman–Crippen LogP) is 5.37. The number of carbonyl (C=O) groups is 2. The number of benzene rings is 3. The molecule has 164 valence electrons. The van der Waals surface area contributed by atoms with Crippen LogP contribution in [0.4, 0.5) is 13.2 Å². The molecular weight excluding hydrogens is 421 g/mol. The molecule has 4 nitrogen and oxygen atoms in total. The van der Waals surface area contributed by atoms with Gasteiger partial charge in [-0.25, -0.2) is 18.0 Å². The van der Waals surface area contributed by atoms with Crippen LogP contribution in [0.3, 0.4) is 0 Å². The predicted molar refractivity (Wildman–Crippen MR) is 110 cm³/mol. The van der Waals surface area contributed by atoms with Crippen LogP contribution in [0.2, 0.25) is 0 Å². The highest BCUT2D eigenvalue weighted by Gasteiger charge is 2.28. The minimum absolute atomic E-state index is 0.00626. The maximum Gasteiger partial charge on any atom is 0.335 e. The van der Waals surface area contributed by atoms with Gasteiger partial charge in [0, 0.05) is 23.1 Å². The lowest BCUT2D eigenvalue weighted by atomic mass is 9.79. The highest BCUT2D eigenvalue weighted by atomic mass is 19.2. The summed E-state index contributed by atoms with van der Waals surface area (Å²) in [6, 6.07) is 12.7. The molecular formula is C25H19F3O4. The van der Waals surface area contributed by atoms with Crippen molar-refractivity contribution in [2.24, 2.45) is 5.92 Å². The first-order chi connectivity index (χ1) is 15.3. The molecule has 1 aliphatic rings. The number of hydrogen-bond acceptors (Lipinski definition) is 3. The monoisotopic (exact) mass is 440 g/mol. The Morgan fingerprint density at radius 3 is 2.41 bits per heavy atom. The molecule has 0 radical (unpaired) electrons. The molecule has 0 bridgehead atoms. The Morgan fingerprint density at radius 1 is 0.969 bits per heavy atom. The molecule has 1 unspecified atom stereocenters. The van der Waals surface area contributed by atoms with Crippen molar-refractivity contribution in [2.45, 2.75) is 25.9 Å². The smallest absolute Gasteiger partial charge is 0.335 e. The summed E-state index contributed by atoms with van der Waals surface area (Å²) in [5.41, 5.74) is 2.40. The minimum Gasteiger partial charge on any atom is -0.489 e. The standard InChI is InChI=1S/C25H19F3O4/c26-21-12-23(28)22(27)11-18(21)13-32-19-7-8-20-16(10-19)5-6-17(24(20)29)9-14-1-3-15(4-2-14)25(30)31/h1-4,7-8,10-12,17H,5-6,9,13H2,(H,30,31). The molecule has 0 saturated heterocycles. The van der Waals surface area contributed by atoms with Crippen LogP contribution >= 0.6 is 0 Å². The minimum atomic E-state index is -1.26. The Labute approximate surface area is 182 Å². The Kier molecular flexibility index (Phi) is 5.99. The lowest BCUT2D eigenvalue weighted by Gasteiger charge is -2.24. The number of fused-ring (bicyclic) bond motifs is 1. The number of aromatic carboxylic acids is 1. The van der Waals surface area contributed by atoms with Crippen molar-refractivity contribution in [3.05, 3.63) is 99.9 Å². The van der Waals surface area contributed by atoms with E-state index in [1.165, 1.54) is 12.1 Å². The van der Waals surface area contributed by atoms with Crippen molar-refractivity contribution < 1.29 is 32.6 Å². The van der Waals surface area contributed by atoms with Crippen LogP contribution in [0.1, 0.15) is 43.8 Å². The van der Waals surface area contributed by atoms with Crippen LogP contribution in [0.25, 0.3) is 0 Å². The molecule has 0 aromatic heterocycles. The average Bonchev–Trinajstić information content (AvgIpc) is 2.77. The molecule has 3 aromatic carbocycles. The van der Waals surface area contributed by atoms with Crippen LogP contribution in [0.5, 0.6) is 5.75 Å². The largest absolute Gasteiger partial charge is 0.489 e. The molecule has 1 atom stereocenters. The Hall–Kier alpha value is -3.61. The number of ketones is 1. The lowest BCUT2D eigenvalue weighted by Crippen LogP contribution is -2.24. The van der Waals surface area contributed by atoms with Gasteiger partial charge in [0.2, 0.25) is 0 Å². The summed E-state index contributed by atoms with van der Waals surface area (Å²) >= 11 is 0. The number of aryl methyl sites for hydroxylation is 1. The number of carboxylic acids is 1. The average molecular weight is 440 g/mol. The molecule has 1 aliphatic carbocycles. The maximum absolute atomic E-state index is 13.8. The van der Waals surface area contributed by atoms with Gasteiger partial charge in [0.15, 0.2) is 17.4 Å². The second-order valence-electron chi connectivity index (χ2n) is 7.77. The molecule has 0 fully saturated rings. The normalized spacial score (nSPS) is 15.3. The van der Waals surface area contributed by atoms with E-state index >= 15 is 0 Å². The Balaban J connectivity index is 1.43. The Morgan fingerprint density at radius 2 is 1.69 bits per heavy atom. The highest BCUT2D eigenvalue weighted by molar-refractivity contribution is 6.00. The summed E-state index contributed by atoms with van der Waals surface area (Å²) in [6.45, 7) is -0.273. The van der Waals surface area contributed by atoms with Crippen molar-refractivity contribution in [1.82, 2.24) is 0 Å². The van der Waals surface area contributed by atoms with E-state index in [2.05, 4.69) is 0 Å². The second-order valence-corrected chi connectivity index (χ2v) is 7.77. The van der Waals surface area contributed by atoms with Gasteiger partial charge in [0.05, 0.1) is 5.56 Å². The first-order valence-corrected chi connectivity index (χ1v) is 10.1. The van der Waals surface area contributed by atoms with Crippen LogP contribution in [0.15, 0.2) is 54.6 Å². The maximum atomic E-state index is 13.8. The summed E-state index contributed by atoms with van der Waals surface area (Å²) in [4.78, 5) is 23.9. The molecule has 32 heavy (non-hydrogen) atoms. The summed E-state index contributed by atoms with van der Waals surface area (Å²) in [6.07, 6.45) is 1.80. The third kappa shape index (κ3) is 4.51. The van der Waals surface area contributed by atoms with E-state index in [1.54, 1.807) is 30.3 Å². The van der Waals surface area contributed by atoms with E-state index < -0.39 is 23.4 Å². The fourth-order valence-electron chi connectivity index (χ4n) is 3.89. The van der Waals surface area contributed by atoms with Crippen molar-refractivity contribution in [1.29, 1.82) is 0 Å². The van der Waals surface area contributed by atoms with Gasteiger partial charge in [-0.05, 0) is 66.8 Å². The van der Waals surface area contributed by atoms with Crippen LogP contribution < -0.4 is 4.74 Å². The molecule has 1 N–H and O–H groups in total. The number of halogens is 3. The van der Waals surface area contributed by atoms with Crippen LogP contribution in [0, 0.1) is 23.4 Å². The summed E-state index contributed by atoms with van der Waals surface area (Å²) in [5, 5.41) is 9.00. The van der Waals surface area contributed by atoms with Gasteiger partial charge >= 0.3 is 5.97 Å². The number of hydrogen-bond donors (Lipinski definition) is 1. The molecule has 7 heteroatoms. The van der Waals surface area contributed by atoms with E-state index in [0.29, 0.717) is 36.6 Å². The fourth-order valence-corrected chi connectivity index (χ4v) is 3.89. The zero-order valence-electron chi connectivity index (χ0n) is 16.9. The Bertz CT molecular complexity index is 1190. The first kappa shape index (κ1) is 21.6. The van der Waals surface area contributed by atoms with Gasteiger partial charge in [0.1, 0.15) is 18.2 Å². The van der Waals surface area contributed by atoms with E-state index in [0.717, 1.165) is 17.2 Å². The number of rotatable bonds is 6. The van der Waals surface area contributed by atoms with E-state index in [1.807, 2.05) is 0 Å². The number of Topliss-reactive ketones (excluding diaryl/α,β-unsaturated/α-hetero) is 1. The van der Waals surface area contributed by atoms with Crippen LogP contribution in [-0.2, 0) is 19.4 Å². The highest BCUT2D eigenvalue weighted by Crippen LogP contribution is 2.31. The summed E-state index contributed by atoms with van der Waals surface area (Å²) in [7, 11) is 0. The van der Waals surface area contributed by atoms with Crippen molar-refractivity contribution in [3.8, 4) is 5.75 Å². The van der Waals surface area contributed by atoms with Gasteiger partial charge in [0.25, 0.3) is 0 Å². The second kappa shape index (κ2) is 8.86. The van der Waals surface area contributed by atoms with Crippen molar-refractivity contribution >= 4 is 11.8 Å². The van der Waals surface area contributed by atoms with Gasteiger partial charge in [-0.2, -0.15) is 0 Å². The molecule has 0 heterocycles. The van der Waals surface area contributed by atoms with E-state index in [9.17, 15) is 22.8 Å². The molecule has 0 amide bonds. The summed E-state index contributed by atoms with van der Waals surface area (Å²) in [5.74, 6) is -4.09. The number of carboxylic acid groups (broad SMARTS) is 1. The molecule has 0 spiro atoms. The lowest BCUT2D eigenvalue weighted by molar-refractivity contribution is 0.0696. The van der Waals surface area contributed by atoms with E-state index in [-0.39, 0.29) is 29.4 Å². The van der Waals surface area contributed by atoms with Gasteiger partial charge in [-0.1, -0.05) is 12.1 Å². The molecule has 4 rings (SSSR count). The van der Waals surface area contributed by atoms with Crippen LogP contribution in [-0.4, -0.2) is 16.9 Å². The van der Waals surface area contributed by atoms with Gasteiger partial charge < -0.3 is 9.84 Å².